The Morgan fingerprint density at radius 1 is 1.25 bits per heavy atom. The second-order valence-electron chi connectivity index (χ2n) is 5.24. The molecular formula is C16H18BrN3O4. The molecule has 0 unspecified atom stereocenters. The number of amides is 2. The summed E-state index contributed by atoms with van der Waals surface area (Å²) in [6.07, 6.45) is 1.82. The molecule has 0 radical (unpaired) electrons. The van der Waals surface area contributed by atoms with E-state index in [2.05, 4.69) is 31.3 Å². The van der Waals surface area contributed by atoms with Crippen LogP contribution in [0.1, 0.15) is 6.92 Å². The number of esters is 1. The number of nitrogens with one attached hydrogen (secondary N) is 2. The molecule has 1 aromatic heterocycles. The van der Waals surface area contributed by atoms with E-state index in [1.165, 1.54) is 14.0 Å². The molecule has 2 rings (SSSR count). The van der Waals surface area contributed by atoms with Crippen molar-refractivity contribution in [3.63, 3.8) is 0 Å². The zero-order valence-electron chi connectivity index (χ0n) is 13.3. The number of ether oxygens (including phenoxy) is 1. The summed E-state index contributed by atoms with van der Waals surface area (Å²) in [6.45, 7) is 1.40. The van der Waals surface area contributed by atoms with Gasteiger partial charge in [-0.15, -0.1) is 0 Å². The van der Waals surface area contributed by atoms with Crippen LogP contribution < -0.4 is 10.6 Å². The first kappa shape index (κ1) is 18.0. The lowest BCUT2D eigenvalue weighted by Gasteiger charge is -2.12. The van der Waals surface area contributed by atoms with Gasteiger partial charge < -0.3 is 19.9 Å². The second-order valence-corrected chi connectivity index (χ2v) is 6.15. The van der Waals surface area contributed by atoms with Crippen LogP contribution >= 0.6 is 15.9 Å². The highest BCUT2D eigenvalue weighted by Gasteiger charge is 2.16. The molecule has 128 valence electrons. The number of carbonyl (C=O) groups is 3. The van der Waals surface area contributed by atoms with E-state index in [0.717, 1.165) is 15.4 Å². The highest BCUT2D eigenvalue weighted by molar-refractivity contribution is 9.10. The van der Waals surface area contributed by atoms with Crippen LogP contribution in [-0.4, -0.2) is 42.0 Å². The van der Waals surface area contributed by atoms with Gasteiger partial charge in [0.15, 0.2) is 0 Å². The molecule has 2 aromatic rings. The lowest BCUT2D eigenvalue weighted by atomic mass is 10.2. The highest BCUT2D eigenvalue weighted by atomic mass is 79.9. The Morgan fingerprint density at radius 3 is 2.71 bits per heavy atom. The SMILES string of the molecule is COC(=O)[C@H](C)NC(=O)CNC(=O)Cn1ccc2ccc(Br)cc21. The van der Waals surface area contributed by atoms with Crippen LogP contribution in [0.4, 0.5) is 0 Å². The molecule has 8 heteroatoms. The number of hydrogen-bond donors (Lipinski definition) is 2. The summed E-state index contributed by atoms with van der Waals surface area (Å²) in [7, 11) is 1.24. The summed E-state index contributed by atoms with van der Waals surface area (Å²) < 4.78 is 7.23. The van der Waals surface area contributed by atoms with Crippen molar-refractivity contribution in [3.8, 4) is 0 Å². The molecule has 2 N–H and O–H groups in total. The van der Waals surface area contributed by atoms with Crippen LogP contribution in [0.2, 0.25) is 0 Å². The third kappa shape index (κ3) is 4.58. The second kappa shape index (κ2) is 7.96. The van der Waals surface area contributed by atoms with Gasteiger partial charge in [0, 0.05) is 16.2 Å². The summed E-state index contributed by atoms with van der Waals surface area (Å²) in [6, 6.07) is 6.97. The van der Waals surface area contributed by atoms with Crippen molar-refractivity contribution >= 4 is 44.6 Å². The molecule has 24 heavy (non-hydrogen) atoms. The van der Waals surface area contributed by atoms with Crippen molar-refractivity contribution < 1.29 is 19.1 Å². The van der Waals surface area contributed by atoms with Gasteiger partial charge in [0.2, 0.25) is 11.8 Å². The molecule has 0 bridgehead atoms. The van der Waals surface area contributed by atoms with Crippen LogP contribution in [-0.2, 0) is 25.7 Å². The number of benzene rings is 1. The minimum atomic E-state index is -0.759. The van der Waals surface area contributed by atoms with Gasteiger partial charge in [0.25, 0.3) is 0 Å². The summed E-state index contributed by atoms with van der Waals surface area (Å²) in [5.74, 6) is -1.30. The van der Waals surface area contributed by atoms with Gasteiger partial charge in [-0.05, 0) is 30.5 Å². The third-order valence-corrected chi connectivity index (χ3v) is 3.92. The van der Waals surface area contributed by atoms with Crippen LogP contribution in [0, 0.1) is 0 Å². The Bertz CT molecular complexity index is 772. The number of halogens is 1. The fraction of sp³-hybridized carbons (Fsp3) is 0.312. The molecule has 2 amide bonds. The molecule has 1 atom stereocenters. The molecule has 0 spiro atoms. The lowest BCUT2D eigenvalue weighted by Crippen LogP contribution is -2.44. The van der Waals surface area contributed by atoms with Crippen LogP contribution in [0.3, 0.4) is 0 Å². The average Bonchev–Trinajstić information content (AvgIpc) is 2.94. The minimum absolute atomic E-state index is 0.0970. The summed E-state index contributed by atoms with van der Waals surface area (Å²) in [5, 5.41) is 5.99. The van der Waals surface area contributed by atoms with Gasteiger partial charge in [0.05, 0.1) is 13.7 Å². The van der Waals surface area contributed by atoms with E-state index < -0.39 is 17.9 Å². The molecule has 0 saturated carbocycles. The Hall–Kier alpha value is -2.35. The van der Waals surface area contributed by atoms with Crippen LogP contribution in [0.5, 0.6) is 0 Å². The minimum Gasteiger partial charge on any atom is -0.467 e. The first-order valence-electron chi connectivity index (χ1n) is 7.29. The summed E-state index contributed by atoms with van der Waals surface area (Å²) >= 11 is 3.40. The molecule has 0 aliphatic carbocycles. The maximum Gasteiger partial charge on any atom is 0.328 e. The third-order valence-electron chi connectivity index (χ3n) is 3.43. The van der Waals surface area contributed by atoms with Gasteiger partial charge >= 0.3 is 5.97 Å². The monoisotopic (exact) mass is 395 g/mol. The van der Waals surface area contributed by atoms with Crippen molar-refractivity contribution in [2.24, 2.45) is 0 Å². The number of carbonyl (C=O) groups excluding carboxylic acids is 3. The van der Waals surface area contributed by atoms with Crippen LogP contribution in [0.15, 0.2) is 34.9 Å². The lowest BCUT2D eigenvalue weighted by molar-refractivity contribution is -0.144. The molecular weight excluding hydrogens is 378 g/mol. The van der Waals surface area contributed by atoms with Gasteiger partial charge in [-0.1, -0.05) is 22.0 Å². The number of aromatic nitrogens is 1. The fourth-order valence-corrected chi connectivity index (χ4v) is 2.56. The largest absolute Gasteiger partial charge is 0.467 e. The molecule has 0 saturated heterocycles. The van der Waals surface area contributed by atoms with E-state index in [0.29, 0.717) is 0 Å². The topological polar surface area (TPSA) is 89.4 Å². The maximum absolute atomic E-state index is 12.0. The van der Waals surface area contributed by atoms with E-state index in [4.69, 9.17) is 0 Å². The molecule has 1 heterocycles. The Labute approximate surface area is 147 Å². The average molecular weight is 396 g/mol. The first-order chi connectivity index (χ1) is 11.4. The zero-order chi connectivity index (χ0) is 17.7. The molecule has 0 aliphatic heterocycles. The Kier molecular flexibility index (Phi) is 5.97. The molecule has 0 fully saturated rings. The smallest absolute Gasteiger partial charge is 0.328 e. The van der Waals surface area contributed by atoms with Gasteiger partial charge in [-0.3, -0.25) is 9.59 Å². The molecule has 1 aromatic carbocycles. The zero-order valence-corrected chi connectivity index (χ0v) is 14.9. The van der Waals surface area contributed by atoms with Gasteiger partial charge in [-0.25, -0.2) is 4.79 Å². The summed E-state index contributed by atoms with van der Waals surface area (Å²) in [4.78, 5) is 34.9. The predicted octanol–water partition coefficient (Wildman–Crippen LogP) is 1.20. The van der Waals surface area contributed by atoms with Crippen molar-refractivity contribution in [1.82, 2.24) is 15.2 Å². The first-order valence-corrected chi connectivity index (χ1v) is 8.08. The van der Waals surface area contributed by atoms with E-state index in [9.17, 15) is 14.4 Å². The quantitative estimate of drug-likeness (QED) is 0.719. The van der Waals surface area contributed by atoms with E-state index in [1.807, 2.05) is 30.5 Å². The van der Waals surface area contributed by atoms with Crippen molar-refractivity contribution in [1.29, 1.82) is 0 Å². The molecule has 0 aliphatic rings. The van der Waals surface area contributed by atoms with E-state index in [1.54, 1.807) is 4.57 Å². The normalized spacial score (nSPS) is 11.8. The van der Waals surface area contributed by atoms with Crippen LogP contribution in [0.25, 0.3) is 10.9 Å². The maximum atomic E-state index is 12.0. The highest BCUT2D eigenvalue weighted by Crippen LogP contribution is 2.20. The van der Waals surface area contributed by atoms with E-state index in [-0.39, 0.29) is 19.0 Å². The van der Waals surface area contributed by atoms with Gasteiger partial charge in [-0.2, -0.15) is 0 Å². The Balaban J connectivity index is 1.88. The number of rotatable bonds is 6. The van der Waals surface area contributed by atoms with Gasteiger partial charge in [0.1, 0.15) is 12.6 Å². The number of methoxy groups -OCH3 is 1. The van der Waals surface area contributed by atoms with Crippen molar-refractivity contribution in [2.45, 2.75) is 19.5 Å². The predicted molar refractivity (Wildman–Crippen MR) is 92.3 cm³/mol. The van der Waals surface area contributed by atoms with Crippen molar-refractivity contribution in [2.75, 3.05) is 13.7 Å². The van der Waals surface area contributed by atoms with Crippen molar-refractivity contribution in [3.05, 3.63) is 34.9 Å². The fourth-order valence-electron chi connectivity index (χ4n) is 2.21. The number of hydrogen-bond acceptors (Lipinski definition) is 4. The molecule has 7 nitrogen and oxygen atoms in total. The Morgan fingerprint density at radius 2 is 2.00 bits per heavy atom. The summed E-state index contributed by atoms with van der Waals surface area (Å²) in [5.41, 5.74) is 0.920. The number of nitrogens with zero attached hydrogens (tertiary/aromatic N) is 1. The standard InChI is InChI=1S/C16H18BrN3O4/c1-10(16(23)24-2)19-14(21)8-18-15(22)9-20-6-5-11-3-4-12(17)7-13(11)20/h3-7,10H,8-9H2,1-2H3,(H,18,22)(H,19,21)/t10-/m0/s1. The number of fused-ring (bicyclic) bond motifs is 1. The van der Waals surface area contributed by atoms with E-state index >= 15 is 0 Å².